The van der Waals surface area contributed by atoms with Gasteiger partial charge in [0.15, 0.2) is 11.0 Å². The molecule has 0 aliphatic carbocycles. The monoisotopic (exact) mass is 399 g/mol. The Hall–Kier alpha value is -3.24. The molecule has 0 saturated heterocycles. The van der Waals surface area contributed by atoms with E-state index in [1.165, 1.54) is 36.0 Å². The zero-order valence-corrected chi connectivity index (χ0v) is 15.8. The van der Waals surface area contributed by atoms with Gasteiger partial charge in [-0.25, -0.2) is 0 Å². The largest absolute Gasteiger partial charge is 0.377 e. The number of aromatic nitrogens is 3. The zero-order valence-electron chi connectivity index (χ0n) is 14.9. The molecule has 0 atom stereocenters. The lowest BCUT2D eigenvalue weighted by Crippen LogP contribution is -2.14. The molecule has 0 fully saturated rings. The first-order valence-electron chi connectivity index (χ1n) is 8.24. The minimum absolute atomic E-state index is 0.0333. The number of amides is 1. The quantitative estimate of drug-likeness (QED) is 0.352. The van der Waals surface area contributed by atoms with Crippen molar-refractivity contribution in [2.45, 2.75) is 11.8 Å². The molecular formula is C18H17N5O4S. The number of hydrogen-bond acceptors (Lipinski definition) is 7. The molecule has 9 nitrogen and oxygen atoms in total. The van der Waals surface area contributed by atoms with E-state index in [0.29, 0.717) is 16.7 Å². The van der Waals surface area contributed by atoms with Gasteiger partial charge in [-0.2, -0.15) is 0 Å². The third-order valence-corrected chi connectivity index (χ3v) is 4.61. The molecule has 3 rings (SSSR count). The molecule has 2 aromatic carbocycles. The Balaban J connectivity index is 1.68. The van der Waals surface area contributed by atoms with Crippen molar-refractivity contribution in [2.24, 2.45) is 0 Å². The number of nitro benzene ring substituents is 1. The summed E-state index contributed by atoms with van der Waals surface area (Å²) in [6.07, 6.45) is 0. The standard InChI is InChI=1S/C18H17N5O4S/c1-27-11-16-20-21-18(22(16)14-5-3-2-4-6-14)28-12-17(24)19-13-7-9-15(10-8-13)23(25)26/h2-10H,11-12H2,1H3,(H,19,24). The molecule has 3 aromatic rings. The second-order valence-electron chi connectivity index (χ2n) is 5.64. The summed E-state index contributed by atoms with van der Waals surface area (Å²) in [6.45, 7) is 0.289. The van der Waals surface area contributed by atoms with Gasteiger partial charge in [-0.3, -0.25) is 19.5 Å². The van der Waals surface area contributed by atoms with Gasteiger partial charge in [0, 0.05) is 30.6 Å². The summed E-state index contributed by atoms with van der Waals surface area (Å²) in [4.78, 5) is 22.4. The highest BCUT2D eigenvalue weighted by Gasteiger charge is 2.16. The predicted octanol–water partition coefficient (Wildman–Crippen LogP) is 3.05. The maximum Gasteiger partial charge on any atom is 0.269 e. The lowest BCUT2D eigenvalue weighted by atomic mass is 10.3. The number of nitrogens with zero attached hydrogens (tertiary/aromatic N) is 4. The maximum atomic E-state index is 12.2. The summed E-state index contributed by atoms with van der Waals surface area (Å²) in [5.74, 6) is 0.483. The lowest BCUT2D eigenvalue weighted by Gasteiger charge is -2.10. The fourth-order valence-corrected chi connectivity index (χ4v) is 3.22. The molecule has 1 aromatic heterocycles. The van der Waals surface area contributed by atoms with Crippen LogP contribution < -0.4 is 5.32 Å². The second-order valence-corrected chi connectivity index (χ2v) is 6.59. The molecule has 0 spiro atoms. The SMILES string of the molecule is COCc1nnc(SCC(=O)Nc2ccc([N+](=O)[O-])cc2)n1-c1ccccc1. The van der Waals surface area contributed by atoms with Crippen LogP contribution >= 0.6 is 11.8 Å². The minimum Gasteiger partial charge on any atom is -0.377 e. The van der Waals surface area contributed by atoms with E-state index < -0.39 is 4.92 Å². The molecule has 0 aliphatic heterocycles. The molecule has 1 heterocycles. The van der Waals surface area contributed by atoms with Gasteiger partial charge in [0.25, 0.3) is 5.69 Å². The van der Waals surface area contributed by atoms with Crippen molar-refractivity contribution in [1.82, 2.24) is 14.8 Å². The number of benzene rings is 2. The van der Waals surface area contributed by atoms with Crippen molar-refractivity contribution < 1.29 is 14.5 Å². The highest BCUT2D eigenvalue weighted by molar-refractivity contribution is 7.99. The Morgan fingerprint density at radius 1 is 1.18 bits per heavy atom. The second kappa shape index (κ2) is 9.11. The summed E-state index contributed by atoms with van der Waals surface area (Å²) < 4.78 is 7.02. The van der Waals surface area contributed by atoms with Crippen molar-refractivity contribution in [2.75, 3.05) is 18.2 Å². The molecule has 28 heavy (non-hydrogen) atoms. The Morgan fingerprint density at radius 2 is 1.89 bits per heavy atom. The van der Waals surface area contributed by atoms with Crippen molar-refractivity contribution in [3.8, 4) is 5.69 Å². The van der Waals surface area contributed by atoms with Gasteiger partial charge < -0.3 is 10.1 Å². The first-order valence-corrected chi connectivity index (χ1v) is 9.23. The molecule has 0 saturated carbocycles. The number of nitrogens with one attached hydrogen (secondary N) is 1. The average molecular weight is 399 g/mol. The van der Waals surface area contributed by atoms with Crippen LogP contribution in [0.2, 0.25) is 0 Å². The first kappa shape index (κ1) is 19.5. The molecule has 0 unspecified atom stereocenters. The molecule has 144 valence electrons. The summed E-state index contributed by atoms with van der Waals surface area (Å²) in [5, 5.41) is 22.3. The van der Waals surface area contributed by atoms with Gasteiger partial charge in [-0.1, -0.05) is 30.0 Å². The maximum absolute atomic E-state index is 12.2. The number of ether oxygens (including phenoxy) is 1. The number of carbonyl (C=O) groups excluding carboxylic acids is 1. The van der Waals surface area contributed by atoms with E-state index >= 15 is 0 Å². The Kier molecular flexibility index (Phi) is 6.35. The molecule has 0 radical (unpaired) electrons. The van der Waals surface area contributed by atoms with Crippen LogP contribution in [0.15, 0.2) is 59.8 Å². The van der Waals surface area contributed by atoms with Gasteiger partial charge in [0.1, 0.15) is 6.61 Å². The highest BCUT2D eigenvalue weighted by Crippen LogP contribution is 2.23. The van der Waals surface area contributed by atoms with Gasteiger partial charge >= 0.3 is 0 Å². The van der Waals surface area contributed by atoms with Crippen LogP contribution in [0.5, 0.6) is 0 Å². The fourth-order valence-electron chi connectivity index (χ4n) is 2.45. The minimum atomic E-state index is -0.491. The van der Waals surface area contributed by atoms with Crippen LogP contribution in [-0.4, -0.2) is 38.5 Å². The van der Waals surface area contributed by atoms with E-state index in [2.05, 4.69) is 15.5 Å². The van der Waals surface area contributed by atoms with Crippen LogP contribution in [0.1, 0.15) is 5.82 Å². The van der Waals surface area contributed by atoms with Crippen molar-refractivity contribution >= 4 is 29.0 Å². The van der Waals surface area contributed by atoms with Crippen molar-refractivity contribution in [1.29, 1.82) is 0 Å². The van der Waals surface area contributed by atoms with Crippen LogP contribution in [-0.2, 0) is 16.1 Å². The molecule has 0 bridgehead atoms. The molecule has 0 aliphatic rings. The third kappa shape index (κ3) is 4.72. The average Bonchev–Trinajstić information content (AvgIpc) is 3.10. The molecule has 1 amide bonds. The van der Waals surface area contributed by atoms with Gasteiger partial charge in [0.2, 0.25) is 5.91 Å². The summed E-state index contributed by atoms with van der Waals surface area (Å²) >= 11 is 1.24. The van der Waals surface area contributed by atoms with Crippen molar-refractivity contribution in [3.05, 3.63) is 70.5 Å². The molecular weight excluding hydrogens is 382 g/mol. The number of para-hydroxylation sites is 1. The smallest absolute Gasteiger partial charge is 0.269 e. The van der Waals surface area contributed by atoms with Crippen LogP contribution in [0.3, 0.4) is 0 Å². The van der Waals surface area contributed by atoms with E-state index in [-0.39, 0.29) is 24.0 Å². The number of thioether (sulfide) groups is 1. The molecule has 1 N–H and O–H groups in total. The van der Waals surface area contributed by atoms with Gasteiger partial charge in [-0.05, 0) is 24.3 Å². The number of nitro groups is 1. The lowest BCUT2D eigenvalue weighted by molar-refractivity contribution is -0.384. The number of non-ortho nitro benzene ring substituents is 1. The Morgan fingerprint density at radius 3 is 2.54 bits per heavy atom. The van der Waals surface area contributed by atoms with Crippen LogP contribution in [0.4, 0.5) is 11.4 Å². The summed E-state index contributed by atoms with van der Waals surface area (Å²) in [7, 11) is 1.58. The molecule has 10 heteroatoms. The van der Waals surface area contributed by atoms with E-state index in [1.807, 2.05) is 34.9 Å². The van der Waals surface area contributed by atoms with E-state index in [1.54, 1.807) is 7.11 Å². The Labute approximate surface area is 164 Å². The number of anilines is 1. The van der Waals surface area contributed by atoms with Gasteiger partial charge in [0.05, 0.1) is 10.7 Å². The Bertz CT molecular complexity index is 960. The van der Waals surface area contributed by atoms with E-state index in [4.69, 9.17) is 4.74 Å². The normalized spacial score (nSPS) is 10.6. The fraction of sp³-hybridized carbons (Fsp3) is 0.167. The van der Waals surface area contributed by atoms with E-state index in [0.717, 1.165) is 5.69 Å². The highest BCUT2D eigenvalue weighted by atomic mass is 32.2. The number of hydrogen-bond donors (Lipinski definition) is 1. The number of methoxy groups -OCH3 is 1. The van der Waals surface area contributed by atoms with E-state index in [9.17, 15) is 14.9 Å². The summed E-state index contributed by atoms with van der Waals surface area (Å²) in [6, 6.07) is 15.2. The topological polar surface area (TPSA) is 112 Å². The zero-order chi connectivity index (χ0) is 19.9. The van der Waals surface area contributed by atoms with Gasteiger partial charge in [-0.15, -0.1) is 10.2 Å². The number of rotatable bonds is 8. The predicted molar refractivity (Wildman–Crippen MR) is 105 cm³/mol. The third-order valence-electron chi connectivity index (χ3n) is 3.68. The number of carbonyl (C=O) groups is 1. The first-order chi connectivity index (χ1) is 13.6. The van der Waals surface area contributed by atoms with Crippen LogP contribution in [0, 0.1) is 10.1 Å². The summed E-state index contributed by atoms with van der Waals surface area (Å²) in [5.41, 5.74) is 1.33. The van der Waals surface area contributed by atoms with Crippen molar-refractivity contribution in [3.63, 3.8) is 0 Å². The van der Waals surface area contributed by atoms with Crippen LogP contribution in [0.25, 0.3) is 5.69 Å².